The summed E-state index contributed by atoms with van der Waals surface area (Å²) in [6.45, 7) is 0.124. The van der Waals surface area contributed by atoms with E-state index in [-0.39, 0.29) is 12.4 Å². The maximum atomic E-state index is 13.7. The number of rotatable bonds is 27. The first-order chi connectivity index (χ1) is 32.7. The number of hydrogen-bond acceptors (Lipinski definition) is 15. The van der Waals surface area contributed by atoms with Gasteiger partial charge in [0.25, 0.3) is 0 Å². The smallest absolute Gasteiger partial charge is 0.474 e. The van der Waals surface area contributed by atoms with Crippen LogP contribution in [-0.4, -0.2) is 143 Å². The predicted molar refractivity (Wildman–Crippen MR) is 241 cm³/mol. The number of ether oxygens (including phenoxy) is 5. The summed E-state index contributed by atoms with van der Waals surface area (Å²) >= 11 is 5.75. The Balaban J connectivity index is 1.65. The number of aliphatic imine (C=N–C) groups is 1. The van der Waals surface area contributed by atoms with Gasteiger partial charge in [-0.3, -0.25) is 18.8 Å². The van der Waals surface area contributed by atoms with Crippen LogP contribution in [-0.2, 0) is 53.1 Å². The standard InChI is InChI=1S/C43H62ClF3N5O16P/c1-3-4-5-6-7-8-9-10-11-15-20-63-29(39(57)58)23-64-69(60,61)68-41-35(66-40-30(33(55)32(54)28(22-53)65-40)51-37(48)24-16-13-12-14-17-24)31(34(62-2)36(67-41)38(49)56)52-42(59)50-25-18-19-27(44)26(21-25)43(45,46)47/h12-14,16-19,21,28-36,40-41,53-55H,3-11,15,20,22-23H2,1-2H3,(H2,48,51)(H2,49,56)(H,57,58)(H,60,61)(H2,50,52,59). The lowest BCUT2D eigenvalue weighted by Gasteiger charge is -2.48. The number of aliphatic carboxylic acids is 1. The van der Waals surface area contributed by atoms with Gasteiger partial charge in [-0.15, -0.1) is 0 Å². The molecule has 0 spiro atoms. The number of carbonyl (C=O) groups excluding carboxylic acids is 2. The summed E-state index contributed by atoms with van der Waals surface area (Å²) < 4.78 is 94.0. The van der Waals surface area contributed by atoms with Crippen LogP contribution < -0.4 is 22.1 Å². The highest BCUT2D eigenvalue weighted by Gasteiger charge is 2.55. The molecule has 12 unspecified atom stereocenters. The molecule has 12 atom stereocenters. The van der Waals surface area contributed by atoms with Crippen LogP contribution in [0.15, 0.2) is 53.5 Å². The molecule has 0 radical (unpaired) electrons. The zero-order valence-electron chi connectivity index (χ0n) is 37.9. The fraction of sp³-hybridized carbons (Fsp3) is 0.628. The largest absolute Gasteiger partial charge is 0.479 e. The third kappa shape index (κ3) is 17.4. The molecule has 0 saturated carbocycles. The summed E-state index contributed by atoms with van der Waals surface area (Å²) in [5.41, 5.74) is 10.5. The van der Waals surface area contributed by atoms with Crippen molar-refractivity contribution in [3.63, 3.8) is 0 Å². The van der Waals surface area contributed by atoms with Crippen molar-refractivity contribution in [2.24, 2.45) is 16.5 Å². The van der Waals surface area contributed by atoms with Crippen LogP contribution in [0.3, 0.4) is 0 Å². The van der Waals surface area contributed by atoms with Crippen molar-refractivity contribution in [3.05, 3.63) is 64.7 Å². The number of carboxylic acids is 1. The summed E-state index contributed by atoms with van der Waals surface area (Å²) in [4.78, 5) is 54.1. The minimum absolute atomic E-state index is 0.0358. The number of amidine groups is 1. The fourth-order valence-electron chi connectivity index (χ4n) is 7.53. The van der Waals surface area contributed by atoms with Gasteiger partial charge in [-0.1, -0.05) is 107 Å². The number of urea groups is 1. The Morgan fingerprint density at radius 1 is 0.928 bits per heavy atom. The summed E-state index contributed by atoms with van der Waals surface area (Å²) in [5.74, 6) is -3.09. The molecule has 0 bridgehead atoms. The number of unbranched alkanes of at least 4 members (excludes halogenated alkanes) is 9. The molecule has 0 aliphatic carbocycles. The molecule has 26 heteroatoms. The molecule has 2 heterocycles. The number of aliphatic hydroxyl groups excluding tert-OH is 3. The number of carbonyl (C=O) groups is 3. The normalized spacial score (nSPS) is 26.7. The molecule has 4 rings (SSSR count). The molecule has 388 valence electrons. The number of nitrogens with two attached hydrogens (primary N) is 2. The van der Waals surface area contributed by atoms with E-state index in [1.54, 1.807) is 30.3 Å². The van der Waals surface area contributed by atoms with E-state index >= 15 is 0 Å². The molecule has 2 fully saturated rings. The van der Waals surface area contributed by atoms with E-state index in [1.807, 2.05) is 0 Å². The number of aliphatic hydroxyl groups is 3. The van der Waals surface area contributed by atoms with Crippen LogP contribution in [0.2, 0.25) is 5.02 Å². The Kier molecular flexibility index (Phi) is 23.0. The monoisotopic (exact) mass is 1030 g/mol. The van der Waals surface area contributed by atoms with Gasteiger partial charge < -0.3 is 71.1 Å². The molecule has 3 amide bonds. The molecule has 0 aromatic heterocycles. The third-order valence-electron chi connectivity index (χ3n) is 11.2. The summed E-state index contributed by atoms with van der Waals surface area (Å²) in [5, 5.41) is 46.0. The van der Waals surface area contributed by atoms with E-state index in [1.165, 1.54) is 19.3 Å². The fourth-order valence-corrected chi connectivity index (χ4v) is 8.57. The van der Waals surface area contributed by atoms with E-state index in [4.69, 9.17) is 55.8 Å². The SMILES string of the molecule is CCCCCCCCCCCCOC(COP(=O)(O)OC1OC(C(N)=O)C(OC)C(NC(=O)Nc2ccc(Cl)c(C(F)(F)F)c2)C1OC1OC(CO)C(O)C(O)C1N=C(N)c1ccccc1)C(=O)O. The number of alkyl halides is 3. The van der Waals surface area contributed by atoms with Crippen molar-refractivity contribution in [1.29, 1.82) is 0 Å². The first kappa shape index (κ1) is 57.6. The van der Waals surface area contributed by atoms with Gasteiger partial charge in [0.05, 0.1) is 29.8 Å². The first-order valence-corrected chi connectivity index (χ1v) is 24.2. The van der Waals surface area contributed by atoms with E-state index in [0.717, 1.165) is 57.8 Å². The van der Waals surface area contributed by atoms with E-state index in [9.17, 15) is 57.4 Å². The second-order valence-corrected chi connectivity index (χ2v) is 18.1. The number of primary amides is 1. The number of benzene rings is 2. The van der Waals surface area contributed by atoms with E-state index in [0.29, 0.717) is 18.1 Å². The minimum Gasteiger partial charge on any atom is -0.479 e. The average molecular weight is 1030 g/mol. The Morgan fingerprint density at radius 2 is 1.57 bits per heavy atom. The van der Waals surface area contributed by atoms with Gasteiger partial charge in [-0.05, 0) is 24.6 Å². The summed E-state index contributed by atoms with van der Waals surface area (Å²) in [6.07, 6.45) is -12.2. The van der Waals surface area contributed by atoms with Crippen molar-refractivity contribution < 1.29 is 90.2 Å². The molecule has 2 aliphatic heterocycles. The lowest BCUT2D eigenvalue weighted by molar-refractivity contribution is -0.324. The first-order valence-electron chi connectivity index (χ1n) is 22.3. The van der Waals surface area contributed by atoms with Gasteiger partial charge in [-0.25, -0.2) is 14.2 Å². The van der Waals surface area contributed by atoms with Crippen molar-refractivity contribution in [2.75, 3.05) is 32.2 Å². The maximum Gasteiger partial charge on any atom is 0.474 e. The van der Waals surface area contributed by atoms with E-state index < -0.39 is 129 Å². The average Bonchev–Trinajstić information content (AvgIpc) is 3.29. The summed E-state index contributed by atoms with van der Waals surface area (Å²) in [7, 11) is -4.54. The maximum absolute atomic E-state index is 13.7. The number of phosphoric acid groups is 1. The van der Waals surface area contributed by atoms with Crippen LogP contribution >= 0.6 is 19.4 Å². The second kappa shape index (κ2) is 27.6. The molecule has 69 heavy (non-hydrogen) atoms. The van der Waals surface area contributed by atoms with E-state index in [2.05, 4.69) is 22.5 Å². The number of halogens is 4. The van der Waals surface area contributed by atoms with Crippen molar-refractivity contribution in [2.45, 2.75) is 145 Å². The number of amides is 3. The highest BCUT2D eigenvalue weighted by molar-refractivity contribution is 7.47. The zero-order valence-corrected chi connectivity index (χ0v) is 39.6. The predicted octanol–water partition coefficient (Wildman–Crippen LogP) is 4.20. The highest BCUT2D eigenvalue weighted by atomic mass is 35.5. The minimum atomic E-state index is -5.56. The van der Waals surface area contributed by atoms with Crippen LogP contribution in [0.1, 0.15) is 82.3 Å². The van der Waals surface area contributed by atoms with Crippen molar-refractivity contribution in [1.82, 2.24) is 5.32 Å². The number of nitrogens with one attached hydrogen (secondary N) is 2. The topological polar surface area (TPSA) is 322 Å². The van der Waals surface area contributed by atoms with Gasteiger partial charge >= 0.3 is 26.0 Å². The van der Waals surface area contributed by atoms with Crippen molar-refractivity contribution >= 4 is 48.9 Å². The third-order valence-corrected chi connectivity index (χ3v) is 12.4. The van der Waals surface area contributed by atoms with Crippen LogP contribution in [0, 0.1) is 0 Å². The zero-order chi connectivity index (χ0) is 50.9. The van der Waals surface area contributed by atoms with Crippen molar-refractivity contribution in [3.8, 4) is 0 Å². The van der Waals surface area contributed by atoms with Gasteiger partial charge in [0.2, 0.25) is 5.91 Å². The Hall–Kier alpha value is -4.01. The quantitative estimate of drug-likeness (QED) is 0.0262. The summed E-state index contributed by atoms with van der Waals surface area (Å²) in [6, 6.07) is 5.54. The molecule has 2 aromatic rings. The number of hydrogen-bond donors (Lipinski definition) is 9. The lowest BCUT2D eigenvalue weighted by Crippen LogP contribution is -2.69. The Morgan fingerprint density at radius 3 is 2.14 bits per heavy atom. The molecule has 11 N–H and O–H groups in total. The van der Waals surface area contributed by atoms with Gasteiger partial charge in [-0.2, -0.15) is 13.2 Å². The molecular formula is C43H62ClF3N5O16P. The van der Waals surface area contributed by atoms with Gasteiger partial charge in [0.1, 0.15) is 42.4 Å². The lowest BCUT2D eigenvalue weighted by atomic mass is 9.94. The number of methoxy groups -OCH3 is 1. The number of nitrogens with zero attached hydrogens (tertiary/aromatic N) is 1. The van der Waals surface area contributed by atoms with Gasteiger partial charge in [0, 0.05) is 25.0 Å². The van der Waals surface area contributed by atoms with Gasteiger partial charge in [0.15, 0.2) is 24.8 Å². The second-order valence-electron chi connectivity index (χ2n) is 16.3. The molecule has 2 aromatic carbocycles. The number of phosphoric ester groups is 1. The molecule has 21 nitrogen and oxygen atoms in total. The molecule has 2 saturated heterocycles. The molecule has 2 aliphatic rings. The highest BCUT2D eigenvalue weighted by Crippen LogP contribution is 2.48. The van der Waals surface area contributed by atoms with Crippen LogP contribution in [0.5, 0.6) is 0 Å². The van der Waals surface area contributed by atoms with Crippen LogP contribution in [0.25, 0.3) is 0 Å². The Labute approximate surface area is 401 Å². The number of anilines is 1. The number of carboxylic acid groups (broad SMARTS) is 1. The van der Waals surface area contributed by atoms with Crippen LogP contribution in [0.4, 0.5) is 23.7 Å². The molecular weight excluding hydrogens is 966 g/mol. The Bertz CT molecular complexity index is 2030.